The van der Waals surface area contributed by atoms with Gasteiger partial charge in [-0.2, -0.15) is 0 Å². The van der Waals surface area contributed by atoms with Crippen LogP contribution in [-0.4, -0.2) is 40.1 Å². The highest BCUT2D eigenvalue weighted by Gasteiger charge is 2.52. The molecule has 0 aliphatic carbocycles. The van der Waals surface area contributed by atoms with E-state index < -0.39 is 11.5 Å². The van der Waals surface area contributed by atoms with Crippen LogP contribution in [0.5, 0.6) is 0 Å². The predicted octanol–water partition coefficient (Wildman–Crippen LogP) is 5.23. The number of nitrogens with zero attached hydrogens (tertiary/aromatic N) is 2. The summed E-state index contributed by atoms with van der Waals surface area (Å²) >= 11 is 4.43. The fourth-order valence-corrected chi connectivity index (χ4v) is 5.56. The molecule has 4 rings (SSSR count). The second-order valence-corrected chi connectivity index (χ2v) is 11.9. The van der Waals surface area contributed by atoms with Crippen LogP contribution in [0.3, 0.4) is 0 Å². The SMILES string of the molecule is C[C@@H](/C=C/CC(=O)N(CCO)Cc1ccccc1)[C@]1(O)C(=O)N(Cc2ccc(I)cc2)c2ccc(I)cc21. The van der Waals surface area contributed by atoms with Crippen LogP contribution in [0.25, 0.3) is 0 Å². The van der Waals surface area contributed by atoms with Crippen molar-refractivity contribution < 1.29 is 19.8 Å². The first-order valence-electron chi connectivity index (χ1n) is 12.4. The lowest BCUT2D eigenvalue weighted by molar-refractivity contribution is -0.139. The number of anilines is 1. The average Bonchev–Trinajstić information content (AvgIpc) is 3.12. The van der Waals surface area contributed by atoms with Gasteiger partial charge in [0.15, 0.2) is 5.60 Å². The van der Waals surface area contributed by atoms with E-state index in [4.69, 9.17) is 0 Å². The summed E-state index contributed by atoms with van der Waals surface area (Å²) in [5, 5.41) is 21.3. The highest BCUT2D eigenvalue weighted by molar-refractivity contribution is 14.1. The average molecular weight is 736 g/mol. The minimum absolute atomic E-state index is 0.104. The van der Waals surface area contributed by atoms with Crippen molar-refractivity contribution in [1.29, 1.82) is 0 Å². The van der Waals surface area contributed by atoms with Crippen molar-refractivity contribution in [2.75, 3.05) is 18.1 Å². The summed E-state index contributed by atoms with van der Waals surface area (Å²) in [6.45, 7) is 2.67. The zero-order valence-electron chi connectivity index (χ0n) is 21.1. The second kappa shape index (κ2) is 12.7. The molecule has 0 fully saturated rings. The third-order valence-electron chi connectivity index (χ3n) is 6.80. The molecule has 38 heavy (non-hydrogen) atoms. The van der Waals surface area contributed by atoms with E-state index in [0.717, 1.165) is 18.3 Å². The zero-order valence-corrected chi connectivity index (χ0v) is 25.4. The largest absolute Gasteiger partial charge is 0.395 e. The van der Waals surface area contributed by atoms with E-state index in [1.807, 2.05) is 72.8 Å². The maximum absolute atomic E-state index is 13.7. The van der Waals surface area contributed by atoms with E-state index in [2.05, 4.69) is 45.2 Å². The highest BCUT2D eigenvalue weighted by atomic mass is 127. The molecule has 0 spiro atoms. The fourth-order valence-electron chi connectivity index (χ4n) is 4.71. The van der Waals surface area contributed by atoms with Crippen molar-refractivity contribution in [2.45, 2.75) is 32.0 Å². The first kappa shape index (κ1) is 28.7. The van der Waals surface area contributed by atoms with Gasteiger partial charge in [-0.3, -0.25) is 9.59 Å². The van der Waals surface area contributed by atoms with E-state index in [0.29, 0.717) is 24.3 Å². The van der Waals surface area contributed by atoms with Gasteiger partial charge in [-0.05, 0) is 86.6 Å². The molecule has 0 radical (unpaired) electrons. The number of hydrogen-bond donors (Lipinski definition) is 2. The van der Waals surface area contributed by atoms with Crippen molar-refractivity contribution in [1.82, 2.24) is 4.90 Å². The first-order valence-corrected chi connectivity index (χ1v) is 14.6. The maximum atomic E-state index is 13.7. The van der Waals surface area contributed by atoms with Crippen LogP contribution < -0.4 is 4.90 Å². The van der Waals surface area contributed by atoms with Crippen molar-refractivity contribution in [2.24, 2.45) is 5.92 Å². The lowest BCUT2D eigenvalue weighted by atomic mass is 9.83. The summed E-state index contributed by atoms with van der Waals surface area (Å²) in [5.74, 6) is -1.07. The van der Waals surface area contributed by atoms with Crippen molar-refractivity contribution >= 4 is 62.7 Å². The normalized spacial score (nSPS) is 17.6. The Hall–Kier alpha value is -2.28. The summed E-state index contributed by atoms with van der Waals surface area (Å²) in [6, 6.07) is 23.3. The summed E-state index contributed by atoms with van der Waals surface area (Å²) in [5.41, 5.74) is 1.49. The Morgan fingerprint density at radius 3 is 2.39 bits per heavy atom. The summed E-state index contributed by atoms with van der Waals surface area (Å²) in [7, 11) is 0. The molecule has 0 aromatic heterocycles. The third-order valence-corrected chi connectivity index (χ3v) is 8.19. The van der Waals surface area contributed by atoms with Gasteiger partial charge in [0.2, 0.25) is 5.91 Å². The lowest BCUT2D eigenvalue weighted by Gasteiger charge is -2.28. The molecule has 0 saturated heterocycles. The van der Waals surface area contributed by atoms with Crippen LogP contribution in [0.1, 0.15) is 30.0 Å². The topological polar surface area (TPSA) is 81.1 Å². The molecule has 1 aliphatic rings. The van der Waals surface area contributed by atoms with Gasteiger partial charge in [0.25, 0.3) is 5.91 Å². The Kier molecular flexibility index (Phi) is 9.61. The molecular formula is C30H30I2N2O4. The summed E-state index contributed by atoms with van der Waals surface area (Å²) < 4.78 is 2.04. The smallest absolute Gasteiger partial charge is 0.264 e. The minimum atomic E-state index is -1.74. The Morgan fingerprint density at radius 1 is 1.03 bits per heavy atom. The van der Waals surface area contributed by atoms with Crippen molar-refractivity contribution in [3.63, 3.8) is 0 Å². The molecule has 2 amide bonds. The van der Waals surface area contributed by atoms with Gasteiger partial charge in [0, 0.05) is 38.1 Å². The van der Waals surface area contributed by atoms with Gasteiger partial charge < -0.3 is 20.0 Å². The monoisotopic (exact) mass is 736 g/mol. The number of amides is 2. The Balaban J connectivity index is 1.52. The molecule has 2 N–H and O–H groups in total. The van der Waals surface area contributed by atoms with Crippen LogP contribution in [0.2, 0.25) is 0 Å². The molecule has 0 unspecified atom stereocenters. The number of carbonyl (C=O) groups excluding carboxylic acids is 2. The molecule has 8 heteroatoms. The lowest BCUT2D eigenvalue weighted by Crippen LogP contribution is -2.44. The predicted molar refractivity (Wildman–Crippen MR) is 165 cm³/mol. The molecule has 198 valence electrons. The number of aliphatic hydroxyl groups is 2. The van der Waals surface area contributed by atoms with Gasteiger partial charge in [-0.15, -0.1) is 0 Å². The molecule has 3 aromatic rings. The summed E-state index contributed by atoms with van der Waals surface area (Å²) in [6.07, 6.45) is 3.56. The maximum Gasteiger partial charge on any atom is 0.264 e. The number of aliphatic hydroxyl groups excluding tert-OH is 1. The van der Waals surface area contributed by atoms with Crippen molar-refractivity contribution in [3.8, 4) is 0 Å². The molecule has 1 heterocycles. The van der Waals surface area contributed by atoms with Crippen LogP contribution in [-0.2, 0) is 28.3 Å². The molecular weight excluding hydrogens is 706 g/mol. The van der Waals surface area contributed by atoms with Crippen LogP contribution in [0.4, 0.5) is 5.69 Å². The van der Waals surface area contributed by atoms with Gasteiger partial charge in [-0.1, -0.05) is 61.5 Å². The van der Waals surface area contributed by atoms with E-state index in [9.17, 15) is 19.8 Å². The second-order valence-electron chi connectivity index (χ2n) is 9.39. The Morgan fingerprint density at radius 2 is 1.71 bits per heavy atom. The Labute approximate surface area is 250 Å². The highest BCUT2D eigenvalue weighted by Crippen LogP contribution is 2.46. The molecule has 3 aromatic carbocycles. The molecule has 1 aliphatic heterocycles. The van der Waals surface area contributed by atoms with Crippen molar-refractivity contribution in [3.05, 3.63) is 109 Å². The number of fused-ring (bicyclic) bond motifs is 1. The number of rotatable bonds is 10. The Bertz CT molecular complexity index is 1310. The molecule has 6 nitrogen and oxygen atoms in total. The molecule has 2 atom stereocenters. The van der Waals surface area contributed by atoms with E-state index in [-0.39, 0.29) is 31.4 Å². The van der Waals surface area contributed by atoms with Gasteiger partial charge in [0.05, 0.1) is 18.8 Å². The van der Waals surface area contributed by atoms with E-state index >= 15 is 0 Å². The quantitative estimate of drug-likeness (QED) is 0.221. The van der Waals surface area contributed by atoms with Gasteiger partial charge in [0.1, 0.15) is 0 Å². The third kappa shape index (κ3) is 6.30. The number of halogens is 2. The number of carbonyl (C=O) groups is 2. The summed E-state index contributed by atoms with van der Waals surface area (Å²) in [4.78, 5) is 29.9. The van der Waals surface area contributed by atoms with Crippen LogP contribution >= 0.6 is 45.2 Å². The van der Waals surface area contributed by atoms with Crippen LogP contribution in [0, 0.1) is 13.1 Å². The number of hydrogen-bond acceptors (Lipinski definition) is 4. The van der Waals surface area contributed by atoms with Gasteiger partial charge >= 0.3 is 0 Å². The number of benzene rings is 3. The van der Waals surface area contributed by atoms with E-state index in [1.54, 1.807) is 28.9 Å². The molecule has 0 saturated carbocycles. The first-order chi connectivity index (χ1) is 18.2. The zero-order chi connectivity index (χ0) is 27.3. The fraction of sp³-hybridized carbons (Fsp3) is 0.267. The minimum Gasteiger partial charge on any atom is -0.395 e. The molecule has 0 bridgehead atoms. The van der Waals surface area contributed by atoms with Crippen LogP contribution in [0.15, 0.2) is 84.9 Å². The standard InChI is InChI=1S/C30H30I2N2O4/c1-21(6-5-9-28(36)33(16-17-35)19-22-7-3-2-4-8-22)30(38)26-18-25(32)14-15-27(26)34(29(30)37)20-23-10-12-24(31)13-11-23/h2-8,10-15,18,21,35,38H,9,16-17,19-20H2,1H3/b6-5+/t21-,30+/m0/s1. The van der Waals surface area contributed by atoms with E-state index in [1.165, 1.54) is 0 Å². The van der Waals surface area contributed by atoms with Gasteiger partial charge in [-0.25, -0.2) is 0 Å².